The third-order valence-electron chi connectivity index (χ3n) is 6.75. The Labute approximate surface area is 236 Å². The summed E-state index contributed by atoms with van der Waals surface area (Å²) in [6.45, 7) is 0. The average Bonchev–Trinajstić information content (AvgIpc) is 3.09. The van der Waals surface area contributed by atoms with E-state index in [0.29, 0.717) is 34.2 Å². The molecule has 4 aromatic carbocycles. The van der Waals surface area contributed by atoms with E-state index in [2.05, 4.69) is 44.9 Å². The molecule has 5 aromatic rings. The van der Waals surface area contributed by atoms with Gasteiger partial charge < -0.3 is 10.6 Å². The monoisotopic (exact) mass is 545 g/mol. The Kier molecular flexibility index (Phi) is 7.04. The van der Waals surface area contributed by atoms with Crippen LogP contribution in [0, 0.1) is 0 Å². The molecule has 2 heterocycles. The van der Waals surface area contributed by atoms with Crippen molar-refractivity contribution in [3.05, 3.63) is 131 Å². The molecule has 0 saturated carbocycles. The van der Waals surface area contributed by atoms with E-state index >= 15 is 0 Å². The van der Waals surface area contributed by atoms with Crippen LogP contribution in [-0.4, -0.2) is 33.5 Å². The Morgan fingerprint density at radius 1 is 0.925 bits per heavy atom. The van der Waals surface area contributed by atoms with Crippen molar-refractivity contribution in [1.29, 1.82) is 0 Å². The fourth-order valence-electron chi connectivity index (χ4n) is 4.79. The van der Waals surface area contributed by atoms with Gasteiger partial charge in [-0.25, -0.2) is 9.97 Å². The number of aromatic nitrogens is 2. The molecule has 0 spiro atoms. The third kappa shape index (κ3) is 5.60. The summed E-state index contributed by atoms with van der Waals surface area (Å²) in [7, 11) is 0. The van der Waals surface area contributed by atoms with Crippen LogP contribution in [0.2, 0.25) is 5.02 Å². The van der Waals surface area contributed by atoms with E-state index in [4.69, 9.17) is 16.6 Å². The van der Waals surface area contributed by atoms with Crippen molar-refractivity contribution >= 4 is 51.3 Å². The van der Waals surface area contributed by atoms with E-state index in [1.807, 2.05) is 48.5 Å². The number of carbonyl (C=O) groups is 2. The number of carbonyl (C=O) groups excluding carboxylic acids is 2. The van der Waals surface area contributed by atoms with Gasteiger partial charge in [0.2, 0.25) is 11.8 Å². The first-order valence-corrected chi connectivity index (χ1v) is 13.2. The molecule has 2 N–H and O–H groups in total. The lowest BCUT2D eigenvalue weighted by Gasteiger charge is -2.12. The van der Waals surface area contributed by atoms with Gasteiger partial charge in [-0.05, 0) is 52.7 Å². The molecular formula is C32H24ClN5O2. The first kappa shape index (κ1) is 25.4. The van der Waals surface area contributed by atoms with E-state index < -0.39 is 6.04 Å². The summed E-state index contributed by atoms with van der Waals surface area (Å²) in [5, 5.41) is 8.71. The zero-order chi connectivity index (χ0) is 27.5. The summed E-state index contributed by atoms with van der Waals surface area (Å²) in [6, 6.07) is 28.2. The van der Waals surface area contributed by atoms with Crippen LogP contribution in [0.5, 0.6) is 0 Å². The van der Waals surface area contributed by atoms with E-state index in [1.54, 1.807) is 24.4 Å². The summed E-state index contributed by atoms with van der Waals surface area (Å²) in [6.07, 6.45) is 3.62. The number of nitrogens with one attached hydrogen (secondary N) is 2. The smallest absolute Gasteiger partial charge is 0.249 e. The molecule has 6 rings (SSSR count). The van der Waals surface area contributed by atoms with Crippen molar-refractivity contribution in [3.8, 4) is 0 Å². The summed E-state index contributed by atoms with van der Waals surface area (Å²) in [5.41, 5.74) is 5.19. The zero-order valence-corrected chi connectivity index (χ0v) is 22.1. The van der Waals surface area contributed by atoms with Crippen molar-refractivity contribution in [2.75, 3.05) is 10.6 Å². The predicted octanol–water partition coefficient (Wildman–Crippen LogP) is 5.87. The van der Waals surface area contributed by atoms with Crippen LogP contribution < -0.4 is 10.6 Å². The quantitative estimate of drug-likeness (QED) is 0.279. The van der Waals surface area contributed by atoms with Crippen molar-refractivity contribution in [2.45, 2.75) is 18.9 Å². The van der Waals surface area contributed by atoms with Crippen molar-refractivity contribution in [3.63, 3.8) is 0 Å². The predicted molar refractivity (Wildman–Crippen MR) is 158 cm³/mol. The minimum absolute atomic E-state index is 0.148. The number of anilines is 2. The molecule has 40 heavy (non-hydrogen) atoms. The number of amides is 2. The van der Waals surface area contributed by atoms with Crippen LogP contribution in [0.15, 0.2) is 109 Å². The van der Waals surface area contributed by atoms with Crippen LogP contribution in [0.1, 0.15) is 22.4 Å². The highest BCUT2D eigenvalue weighted by molar-refractivity contribution is 6.31. The lowest BCUT2D eigenvalue weighted by Crippen LogP contribution is -2.27. The van der Waals surface area contributed by atoms with Gasteiger partial charge in [-0.3, -0.25) is 14.6 Å². The summed E-state index contributed by atoms with van der Waals surface area (Å²) >= 11 is 6.28. The summed E-state index contributed by atoms with van der Waals surface area (Å²) in [4.78, 5) is 38.8. The second-order valence-electron chi connectivity index (χ2n) is 9.56. The molecule has 1 atom stereocenters. The summed E-state index contributed by atoms with van der Waals surface area (Å²) in [5.74, 6) is -0.372. The third-order valence-corrected chi connectivity index (χ3v) is 6.99. The minimum atomic E-state index is -0.644. The van der Waals surface area contributed by atoms with Crippen LogP contribution in [0.4, 0.5) is 11.4 Å². The highest BCUT2D eigenvalue weighted by Gasteiger charge is 2.26. The Hall–Kier alpha value is -4.88. The first-order chi connectivity index (χ1) is 19.5. The molecule has 1 aliphatic heterocycles. The van der Waals surface area contributed by atoms with E-state index in [-0.39, 0.29) is 18.2 Å². The van der Waals surface area contributed by atoms with Gasteiger partial charge in [0.25, 0.3) is 0 Å². The Bertz CT molecular complexity index is 1750. The standard InChI is InChI=1S/C32H24ClN5O2/c33-24-9-12-27-28(17-24)38-32(40)29(16-20-5-6-21-3-1-2-4-23(21)15-20)37-31(27)22-7-10-25(11-8-22)36-30(39)18-26-13-14-34-19-35-26/h1-15,17,19,29H,16,18H2,(H,36,39)(H,38,40). The van der Waals surface area contributed by atoms with Gasteiger partial charge in [0.1, 0.15) is 12.4 Å². The van der Waals surface area contributed by atoms with E-state index in [0.717, 1.165) is 27.5 Å². The van der Waals surface area contributed by atoms with Gasteiger partial charge >= 0.3 is 0 Å². The molecular weight excluding hydrogens is 522 g/mol. The van der Waals surface area contributed by atoms with Crippen LogP contribution in [-0.2, 0) is 22.4 Å². The van der Waals surface area contributed by atoms with Gasteiger partial charge in [0.05, 0.1) is 23.5 Å². The normalized spacial score (nSPS) is 14.6. The zero-order valence-electron chi connectivity index (χ0n) is 21.3. The van der Waals surface area contributed by atoms with Gasteiger partial charge in [-0.15, -0.1) is 0 Å². The summed E-state index contributed by atoms with van der Waals surface area (Å²) < 4.78 is 0. The Morgan fingerprint density at radius 3 is 2.55 bits per heavy atom. The molecule has 0 aliphatic carbocycles. The Balaban J connectivity index is 1.30. The highest BCUT2D eigenvalue weighted by Crippen LogP contribution is 2.29. The van der Waals surface area contributed by atoms with Crippen molar-refractivity contribution in [1.82, 2.24) is 9.97 Å². The number of nitrogens with zero attached hydrogens (tertiary/aromatic N) is 3. The lowest BCUT2D eigenvalue weighted by molar-refractivity contribution is -0.117. The molecule has 0 saturated heterocycles. The fraction of sp³-hybridized carbons (Fsp3) is 0.0938. The number of fused-ring (bicyclic) bond motifs is 2. The number of aliphatic imine (C=N–C) groups is 1. The number of benzodiazepines with no additional fused rings is 1. The molecule has 7 nitrogen and oxygen atoms in total. The maximum Gasteiger partial charge on any atom is 0.249 e. The minimum Gasteiger partial charge on any atom is -0.326 e. The van der Waals surface area contributed by atoms with Crippen molar-refractivity contribution < 1.29 is 9.59 Å². The average molecular weight is 546 g/mol. The number of benzene rings is 4. The molecule has 1 aliphatic rings. The van der Waals surface area contributed by atoms with Crippen LogP contribution in [0.3, 0.4) is 0 Å². The lowest BCUT2D eigenvalue weighted by atomic mass is 9.99. The number of halogens is 1. The molecule has 1 aromatic heterocycles. The molecule has 0 fully saturated rings. The number of hydrogen-bond donors (Lipinski definition) is 2. The topological polar surface area (TPSA) is 96.3 Å². The number of rotatable bonds is 6. The first-order valence-electron chi connectivity index (χ1n) is 12.8. The molecule has 1 unspecified atom stereocenters. The van der Waals surface area contributed by atoms with Gasteiger partial charge in [-0.1, -0.05) is 66.2 Å². The van der Waals surface area contributed by atoms with Crippen molar-refractivity contribution in [2.24, 2.45) is 4.99 Å². The van der Waals surface area contributed by atoms with Crippen LogP contribution in [0.25, 0.3) is 10.8 Å². The molecule has 196 valence electrons. The van der Waals surface area contributed by atoms with Gasteiger partial charge in [0.15, 0.2) is 0 Å². The van der Waals surface area contributed by atoms with Gasteiger partial charge in [0, 0.05) is 34.5 Å². The molecule has 0 radical (unpaired) electrons. The molecule has 2 amide bonds. The largest absolute Gasteiger partial charge is 0.326 e. The maximum absolute atomic E-state index is 13.3. The van der Waals surface area contributed by atoms with Gasteiger partial charge in [-0.2, -0.15) is 0 Å². The fourth-order valence-corrected chi connectivity index (χ4v) is 4.96. The second-order valence-corrected chi connectivity index (χ2v) is 10.00. The SMILES string of the molecule is O=C(Cc1ccncn1)Nc1ccc(C2=NC(Cc3ccc4ccccc4c3)C(=O)Nc3cc(Cl)ccc32)cc1. The number of hydrogen-bond acceptors (Lipinski definition) is 5. The second kappa shape index (κ2) is 11.1. The Morgan fingerprint density at radius 2 is 1.75 bits per heavy atom. The maximum atomic E-state index is 13.3. The molecule has 0 bridgehead atoms. The van der Waals surface area contributed by atoms with Crippen LogP contribution >= 0.6 is 11.6 Å². The molecule has 8 heteroatoms. The highest BCUT2D eigenvalue weighted by atomic mass is 35.5. The van der Waals surface area contributed by atoms with E-state index in [9.17, 15) is 9.59 Å². The van der Waals surface area contributed by atoms with E-state index in [1.165, 1.54) is 6.33 Å².